The number of aromatic hydroxyl groups is 2. The van der Waals surface area contributed by atoms with E-state index in [0.717, 1.165) is 16.2 Å². The lowest BCUT2D eigenvalue weighted by molar-refractivity contribution is -0.132. The number of amides is 1. The van der Waals surface area contributed by atoms with Crippen LogP contribution in [-0.4, -0.2) is 45.6 Å². The van der Waals surface area contributed by atoms with Crippen LogP contribution in [0.2, 0.25) is 0 Å². The summed E-state index contributed by atoms with van der Waals surface area (Å²) in [7, 11) is 0. The van der Waals surface area contributed by atoms with Crippen molar-refractivity contribution in [3.05, 3.63) is 53.2 Å². The number of ether oxygens (including phenoxy) is 1. The van der Waals surface area contributed by atoms with Crippen LogP contribution in [0.3, 0.4) is 0 Å². The van der Waals surface area contributed by atoms with Crippen molar-refractivity contribution in [3.8, 4) is 28.6 Å². The van der Waals surface area contributed by atoms with Crippen LogP contribution in [0.1, 0.15) is 36.6 Å². The Hall–Kier alpha value is -3.13. The second-order valence-corrected chi connectivity index (χ2v) is 8.92. The predicted molar refractivity (Wildman–Crippen MR) is 122 cm³/mol. The van der Waals surface area contributed by atoms with Gasteiger partial charge in [0.25, 0.3) is 0 Å². The van der Waals surface area contributed by atoms with Gasteiger partial charge in [-0.25, -0.2) is 0 Å². The zero-order valence-corrected chi connectivity index (χ0v) is 19.1. The number of aromatic nitrogens is 1. The Bertz CT molecular complexity index is 1120. The zero-order valence-electron chi connectivity index (χ0n) is 18.3. The van der Waals surface area contributed by atoms with Gasteiger partial charge in [0.1, 0.15) is 23.9 Å². The molecule has 2 N–H and O–H groups in total. The van der Waals surface area contributed by atoms with Crippen LogP contribution in [0.4, 0.5) is 0 Å². The molecule has 0 atom stereocenters. The van der Waals surface area contributed by atoms with Crippen molar-refractivity contribution < 1.29 is 24.3 Å². The largest absolute Gasteiger partial charge is 0.508 e. The van der Waals surface area contributed by atoms with Gasteiger partial charge in [-0.2, -0.15) is 0 Å². The van der Waals surface area contributed by atoms with Crippen LogP contribution in [-0.2, 0) is 17.8 Å². The lowest BCUT2D eigenvalue weighted by Gasteiger charge is -2.26. The van der Waals surface area contributed by atoms with Gasteiger partial charge in [0, 0.05) is 16.5 Å². The van der Waals surface area contributed by atoms with Crippen LogP contribution in [0, 0.1) is 0 Å². The number of thioether (sulfide) groups is 1. The fourth-order valence-corrected chi connectivity index (χ4v) is 4.19. The van der Waals surface area contributed by atoms with Crippen LogP contribution >= 0.6 is 11.8 Å². The Morgan fingerprint density at radius 1 is 1.19 bits per heavy atom. The molecule has 0 unspecified atom stereocenters. The van der Waals surface area contributed by atoms with E-state index in [9.17, 15) is 15.0 Å². The second-order valence-electron chi connectivity index (χ2n) is 8.04. The number of carbonyl (C=O) groups is 1. The number of phenolic OH excluding ortho intramolecular Hbond substituents is 2. The molecule has 2 aromatic carbocycles. The summed E-state index contributed by atoms with van der Waals surface area (Å²) in [6.45, 7) is 5.02. The first-order valence-corrected chi connectivity index (χ1v) is 11.7. The molecule has 1 amide bonds. The van der Waals surface area contributed by atoms with E-state index in [1.165, 1.54) is 6.07 Å². The minimum Gasteiger partial charge on any atom is -0.508 e. The van der Waals surface area contributed by atoms with E-state index in [4.69, 9.17) is 9.26 Å². The number of benzene rings is 2. The molecule has 0 saturated heterocycles. The number of nitrogens with zero attached hydrogens (tertiary/aromatic N) is 2. The Morgan fingerprint density at radius 3 is 2.62 bits per heavy atom. The maximum atomic E-state index is 12.6. The second kappa shape index (κ2) is 9.16. The van der Waals surface area contributed by atoms with Crippen molar-refractivity contribution in [1.29, 1.82) is 0 Å². The number of carbonyl (C=O) groups excluding carboxylic acids is 1. The number of rotatable bonds is 7. The monoisotopic (exact) mass is 454 g/mol. The molecule has 2 heterocycles. The molecule has 168 valence electrons. The Morgan fingerprint density at radius 2 is 1.94 bits per heavy atom. The molecule has 0 bridgehead atoms. The predicted octanol–water partition coefficient (Wildman–Crippen LogP) is 4.56. The van der Waals surface area contributed by atoms with Gasteiger partial charge in [-0.15, -0.1) is 11.8 Å². The fourth-order valence-electron chi connectivity index (χ4n) is 3.78. The molecule has 0 spiro atoms. The molecule has 1 aromatic heterocycles. The maximum Gasteiger partial charge on any atom is 0.229 e. The van der Waals surface area contributed by atoms with Gasteiger partial charge < -0.3 is 24.4 Å². The third-order valence-electron chi connectivity index (χ3n) is 5.59. The number of hydrogen-bond donors (Lipinski definition) is 2. The van der Waals surface area contributed by atoms with E-state index >= 15 is 0 Å². The van der Waals surface area contributed by atoms with E-state index in [2.05, 4.69) is 5.16 Å². The van der Waals surface area contributed by atoms with Crippen molar-refractivity contribution in [2.45, 2.75) is 37.6 Å². The summed E-state index contributed by atoms with van der Waals surface area (Å²) in [6, 6.07) is 10.9. The Kier molecular flexibility index (Phi) is 6.32. The number of phenols is 2. The van der Waals surface area contributed by atoms with Gasteiger partial charge in [-0.05, 0) is 48.1 Å². The van der Waals surface area contributed by atoms with Gasteiger partial charge in [0.2, 0.25) is 5.91 Å². The quantitative estimate of drug-likeness (QED) is 0.505. The zero-order chi connectivity index (χ0) is 22.8. The van der Waals surface area contributed by atoms with Gasteiger partial charge in [-0.3, -0.25) is 4.79 Å². The standard InChI is InChI=1S/C24H26N2O5S/c1-14(2)17-10-18(22(28)12-21(17)27)24-19-13-26(23(29)11-20(19)25-31-24)8-9-30-15-4-6-16(32-3)7-5-15/h4-7,10,12,14,27-28H,8-9,11,13H2,1-3H3. The molecule has 0 saturated carbocycles. The molecule has 7 nitrogen and oxygen atoms in total. The molecule has 32 heavy (non-hydrogen) atoms. The molecule has 1 aliphatic rings. The first-order chi connectivity index (χ1) is 15.4. The Balaban J connectivity index is 1.51. The highest BCUT2D eigenvalue weighted by Gasteiger charge is 2.31. The van der Waals surface area contributed by atoms with Crippen molar-refractivity contribution >= 4 is 17.7 Å². The lowest BCUT2D eigenvalue weighted by atomic mass is 9.95. The summed E-state index contributed by atoms with van der Waals surface area (Å²) in [5.41, 5.74) is 2.50. The van der Waals surface area contributed by atoms with E-state index in [1.54, 1.807) is 22.7 Å². The maximum absolute atomic E-state index is 12.6. The third-order valence-corrected chi connectivity index (χ3v) is 6.33. The number of hydrogen-bond acceptors (Lipinski definition) is 7. The first-order valence-electron chi connectivity index (χ1n) is 10.5. The molecular formula is C24H26N2O5S. The summed E-state index contributed by atoms with van der Waals surface area (Å²) in [5.74, 6) is 1.14. The normalized spacial score (nSPS) is 13.5. The fraction of sp³-hybridized carbons (Fsp3) is 0.333. The van der Waals surface area contributed by atoms with Crippen LogP contribution in [0.15, 0.2) is 45.8 Å². The topological polar surface area (TPSA) is 96.0 Å². The highest BCUT2D eigenvalue weighted by molar-refractivity contribution is 7.98. The van der Waals surface area contributed by atoms with Crippen LogP contribution < -0.4 is 4.74 Å². The summed E-state index contributed by atoms with van der Waals surface area (Å²) in [6.07, 6.45) is 2.16. The minimum absolute atomic E-state index is 0.0362. The van der Waals surface area contributed by atoms with Crippen molar-refractivity contribution in [3.63, 3.8) is 0 Å². The Labute approximate surface area is 191 Å². The van der Waals surface area contributed by atoms with Gasteiger partial charge in [-0.1, -0.05) is 19.0 Å². The first kappa shape index (κ1) is 22.1. The summed E-state index contributed by atoms with van der Waals surface area (Å²) >= 11 is 1.67. The smallest absolute Gasteiger partial charge is 0.229 e. The van der Waals surface area contributed by atoms with Crippen LogP contribution in [0.25, 0.3) is 11.3 Å². The third kappa shape index (κ3) is 4.41. The van der Waals surface area contributed by atoms with Crippen molar-refractivity contribution in [2.24, 2.45) is 0 Å². The molecule has 0 fully saturated rings. The highest BCUT2D eigenvalue weighted by atomic mass is 32.2. The summed E-state index contributed by atoms with van der Waals surface area (Å²) in [5, 5.41) is 24.7. The van der Waals surface area contributed by atoms with Gasteiger partial charge in [0.05, 0.1) is 30.8 Å². The lowest BCUT2D eigenvalue weighted by Crippen LogP contribution is -2.38. The molecule has 0 radical (unpaired) electrons. The SMILES string of the molecule is CSc1ccc(OCCN2Cc3c(noc3-c3cc(C(C)C)c(O)cc3O)CC2=O)cc1. The van der Waals surface area contributed by atoms with Crippen LogP contribution in [0.5, 0.6) is 17.2 Å². The average Bonchev–Trinajstić information content (AvgIpc) is 3.16. The van der Waals surface area contributed by atoms with Gasteiger partial charge >= 0.3 is 0 Å². The van der Waals surface area contributed by atoms with E-state index < -0.39 is 0 Å². The summed E-state index contributed by atoms with van der Waals surface area (Å²) < 4.78 is 11.4. The molecule has 1 aliphatic heterocycles. The molecular weight excluding hydrogens is 428 g/mol. The molecule has 8 heteroatoms. The van der Waals surface area contributed by atoms with Crippen molar-refractivity contribution in [2.75, 3.05) is 19.4 Å². The molecule has 0 aliphatic carbocycles. The minimum atomic E-state index is -0.0914. The highest BCUT2D eigenvalue weighted by Crippen LogP contribution is 2.40. The van der Waals surface area contributed by atoms with E-state index in [-0.39, 0.29) is 29.7 Å². The number of fused-ring (bicyclic) bond motifs is 1. The average molecular weight is 455 g/mol. The van der Waals surface area contributed by atoms with Gasteiger partial charge in [0.15, 0.2) is 5.76 Å². The van der Waals surface area contributed by atoms with E-state index in [0.29, 0.717) is 42.3 Å². The molecule has 4 rings (SSSR count). The van der Waals surface area contributed by atoms with E-state index in [1.807, 2.05) is 44.4 Å². The summed E-state index contributed by atoms with van der Waals surface area (Å²) in [4.78, 5) is 15.5. The van der Waals surface area contributed by atoms with Crippen molar-refractivity contribution in [1.82, 2.24) is 10.1 Å². The molecule has 3 aromatic rings.